The van der Waals surface area contributed by atoms with E-state index >= 15 is 0 Å². The largest absolute Gasteiger partial charge is 0.340 e. The average Bonchev–Trinajstić information content (AvgIpc) is 2.73. The lowest BCUT2D eigenvalue weighted by Gasteiger charge is -2.11. The van der Waals surface area contributed by atoms with Crippen LogP contribution in [0.25, 0.3) is 21.8 Å². The van der Waals surface area contributed by atoms with Gasteiger partial charge in [0.25, 0.3) is 0 Å². The van der Waals surface area contributed by atoms with Gasteiger partial charge in [-0.2, -0.15) is 0 Å². The second-order valence-corrected chi connectivity index (χ2v) is 5.92. The monoisotopic (exact) mass is 322 g/mol. The number of fused-ring (bicyclic) bond motifs is 3. The predicted octanol–water partition coefficient (Wildman–Crippen LogP) is 4.82. The van der Waals surface area contributed by atoms with Gasteiger partial charge < -0.3 is 9.47 Å². The van der Waals surface area contributed by atoms with Crippen LogP contribution in [-0.2, 0) is 6.54 Å². The molecule has 3 aromatic rings. The normalized spacial score (nSPS) is 11.2. The van der Waals surface area contributed by atoms with E-state index in [1.807, 2.05) is 6.07 Å². The van der Waals surface area contributed by atoms with Crippen molar-refractivity contribution in [3.63, 3.8) is 0 Å². The standard InChI is InChI=1S/C17H19ClN2.ClH/c1-19(2)10-5-11-20-16-7-4-3-6-14(16)15-9-8-13(18)12-17(15)20;/h3-4,6-9,12H,5,10-11H2,1-2H3;1H. The Kier molecular flexibility index (Phi) is 5.15. The molecule has 0 saturated heterocycles. The summed E-state index contributed by atoms with van der Waals surface area (Å²) in [6.07, 6.45) is 1.13. The summed E-state index contributed by atoms with van der Waals surface area (Å²) in [6, 6.07) is 14.8. The highest BCUT2D eigenvalue weighted by Crippen LogP contribution is 2.30. The Bertz CT molecular complexity index is 747. The maximum Gasteiger partial charge on any atom is 0.0506 e. The summed E-state index contributed by atoms with van der Waals surface area (Å²) in [7, 11) is 4.23. The Balaban J connectivity index is 0.00000161. The first-order chi connectivity index (χ1) is 9.66. The van der Waals surface area contributed by atoms with Crippen LogP contribution < -0.4 is 0 Å². The number of hydrogen-bond donors (Lipinski definition) is 0. The smallest absolute Gasteiger partial charge is 0.0506 e. The van der Waals surface area contributed by atoms with E-state index in [4.69, 9.17) is 11.6 Å². The second-order valence-electron chi connectivity index (χ2n) is 5.49. The molecule has 0 spiro atoms. The highest BCUT2D eigenvalue weighted by atomic mass is 35.5. The summed E-state index contributed by atoms with van der Waals surface area (Å²) >= 11 is 6.18. The van der Waals surface area contributed by atoms with E-state index in [1.165, 1.54) is 21.8 Å². The van der Waals surface area contributed by atoms with Crippen molar-refractivity contribution in [2.75, 3.05) is 20.6 Å². The lowest BCUT2D eigenvalue weighted by Crippen LogP contribution is -2.15. The first-order valence-corrected chi connectivity index (χ1v) is 7.36. The van der Waals surface area contributed by atoms with Gasteiger partial charge in [-0.3, -0.25) is 0 Å². The zero-order chi connectivity index (χ0) is 14.1. The molecule has 0 N–H and O–H groups in total. The molecule has 0 atom stereocenters. The highest BCUT2D eigenvalue weighted by molar-refractivity contribution is 6.31. The Morgan fingerprint density at radius 3 is 2.48 bits per heavy atom. The highest BCUT2D eigenvalue weighted by Gasteiger charge is 2.10. The van der Waals surface area contributed by atoms with E-state index in [9.17, 15) is 0 Å². The Morgan fingerprint density at radius 1 is 1.00 bits per heavy atom. The number of para-hydroxylation sites is 1. The van der Waals surface area contributed by atoms with Gasteiger partial charge in [-0.15, -0.1) is 12.4 Å². The van der Waals surface area contributed by atoms with Crippen LogP contribution in [0.1, 0.15) is 6.42 Å². The van der Waals surface area contributed by atoms with Gasteiger partial charge in [-0.25, -0.2) is 0 Å². The number of aromatic nitrogens is 1. The fraction of sp³-hybridized carbons (Fsp3) is 0.294. The van der Waals surface area contributed by atoms with E-state index in [-0.39, 0.29) is 12.4 Å². The van der Waals surface area contributed by atoms with E-state index in [2.05, 4.69) is 60.0 Å². The lowest BCUT2D eigenvalue weighted by atomic mass is 10.2. The van der Waals surface area contributed by atoms with Crippen molar-refractivity contribution in [1.82, 2.24) is 9.47 Å². The molecule has 2 nitrogen and oxygen atoms in total. The molecule has 0 unspecified atom stereocenters. The molecule has 0 aliphatic heterocycles. The maximum atomic E-state index is 6.18. The SMILES string of the molecule is CN(C)CCCn1c2ccccc2c2ccc(Cl)cc21.Cl. The van der Waals surface area contributed by atoms with Crippen LogP contribution in [-0.4, -0.2) is 30.1 Å². The van der Waals surface area contributed by atoms with Gasteiger partial charge in [0, 0.05) is 27.9 Å². The van der Waals surface area contributed by atoms with Crippen LogP contribution in [0.2, 0.25) is 5.02 Å². The van der Waals surface area contributed by atoms with Crippen molar-refractivity contribution in [1.29, 1.82) is 0 Å². The Labute approximate surface area is 136 Å². The minimum atomic E-state index is 0. The third kappa shape index (κ3) is 3.18. The molecule has 2 aromatic carbocycles. The molecular formula is C17H20Cl2N2. The summed E-state index contributed by atoms with van der Waals surface area (Å²) in [5, 5.41) is 3.40. The van der Waals surface area contributed by atoms with Gasteiger partial charge in [-0.05, 0) is 45.3 Å². The Morgan fingerprint density at radius 2 is 1.71 bits per heavy atom. The number of nitrogens with zero attached hydrogens (tertiary/aromatic N) is 2. The predicted molar refractivity (Wildman–Crippen MR) is 94.9 cm³/mol. The molecule has 3 rings (SSSR count). The molecule has 112 valence electrons. The molecule has 0 saturated carbocycles. The number of halogens is 2. The third-order valence-corrected chi connectivity index (χ3v) is 3.96. The first kappa shape index (κ1) is 16.2. The summed E-state index contributed by atoms with van der Waals surface area (Å²) in [5.74, 6) is 0. The third-order valence-electron chi connectivity index (χ3n) is 3.72. The van der Waals surface area contributed by atoms with Gasteiger partial charge in [-0.1, -0.05) is 35.9 Å². The summed E-state index contributed by atoms with van der Waals surface area (Å²) < 4.78 is 2.39. The van der Waals surface area contributed by atoms with Crippen LogP contribution >= 0.6 is 24.0 Å². The summed E-state index contributed by atoms with van der Waals surface area (Å²) in [6.45, 7) is 2.11. The topological polar surface area (TPSA) is 8.17 Å². The van der Waals surface area contributed by atoms with Crippen molar-refractivity contribution < 1.29 is 0 Å². The molecule has 21 heavy (non-hydrogen) atoms. The molecule has 0 amide bonds. The van der Waals surface area contributed by atoms with Crippen molar-refractivity contribution in [3.05, 3.63) is 47.5 Å². The fourth-order valence-electron chi connectivity index (χ4n) is 2.81. The van der Waals surface area contributed by atoms with Crippen LogP contribution in [0.4, 0.5) is 0 Å². The molecular weight excluding hydrogens is 303 g/mol. The summed E-state index contributed by atoms with van der Waals surface area (Å²) in [4.78, 5) is 2.22. The van der Waals surface area contributed by atoms with Crippen LogP contribution in [0.5, 0.6) is 0 Å². The van der Waals surface area contributed by atoms with Gasteiger partial charge in [0.2, 0.25) is 0 Å². The molecule has 0 aliphatic rings. The van der Waals surface area contributed by atoms with Crippen molar-refractivity contribution >= 4 is 45.8 Å². The van der Waals surface area contributed by atoms with Crippen molar-refractivity contribution in [3.8, 4) is 0 Å². The second kappa shape index (κ2) is 6.69. The van der Waals surface area contributed by atoms with E-state index in [1.54, 1.807) is 0 Å². The van der Waals surface area contributed by atoms with Gasteiger partial charge in [0.15, 0.2) is 0 Å². The van der Waals surface area contributed by atoms with E-state index < -0.39 is 0 Å². The number of benzene rings is 2. The zero-order valence-corrected chi connectivity index (χ0v) is 13.9. The van der Waals surface area contributed by atoms with E-state index in [0.29, 0.717) is 0 Å². The molecule has 0 bridgehead atoms. The molecule has 4 heteroatoms. The first-order valence-electron chi connectivity index (χ1n) is 6.98. The molecule has 1 heterocycles. The van der Waals surface area contributed by atoms with Gasteiger partial charge in [0.05, 0.1) is 5.52 Å². The zero-order valence-electron chi connectivity index (χ0n) is 12.3. The van der Waals surface area contributed by atoms with Crippen LogP contribution in [0.15, 0.2) is 42.5 Å². The van der Waals surface area contributed by atoms with Crippen LogP contribution in [0.3, 0.4) is 0 Å². The number of hydrogen-bond acceptors (Lipinski definition) is 1. The minimum Gasteiger partial charge on any atom is -0.340 e. The fourth-order valence-corrected chi connectivity index (χ4v) is 2.97. The van der Waals surface area contributed by atoms with Crippen molar-refractivity contribution in [2.45, 2.75) is 13.0 Å². The van der Waals surface area contributed by atoms with Crippen molar-refractivity contribution in [2.24, 2.45) is 0 Å². The molecule has 0 radical (unpaired) electrons. The van der Waals surface area contributed by atoms with Gasteiger partial charge in [0.1, 0.15) is 0 Å². The maximum absolute atomic E-state index is 6.18. The number of rotatable bonds is 4. The molecule has 0 fully saturated rings. The molecule has 1 aromatic heterocycles. The Hall–Kier alpha value is -1.22. The number of aryl methyl sites for hydroxylation is 1. The lowest BCUT2D eigenvalue weighted by molar-refractivity contribution is 0.389. The average molecular weight is 323 g/mol. The van der Waals surface area contributed by atoms with E-state index in [0.717, 1.165) is 24.5 Å². The van der Waals surface area contributed by atoms with Crippen LogP contribution in [0, 0.1) is 0 Å². The summed E-state index contributed by atoms with van der Waals surface area (Å²) in [5.41, 5.74) is 2.53. The minimum absolute atomic E-state index is 0. The van der Waals surface area contributed by atoms with Gasteiger partial charge >= 0.3 is 0 Å². The molecule has 0 aliphatic carbocycles. The quantitative estimate of drug-likeness (QED) is 0.668.